The van der Waals surface area contributed by atoms with Crippen molar-refractivity contribution in [3.05, 3.63) is 51.0 Å². The second-order valence-corrected chi connectivity index (χ2v) is 6.48. The maximum absolute atomic E-state index is 14.5. The summed E-state index contributed by atoms with van der Waals surface area (Å²) in [6, 6.07) is 5.00. The Morgan fingerprint density at radius 3 is 2.27 bits per heavy atom. The summed E-state index contributed by atoms with van der Waals surface area (Å²) in [6.45, 7) is 2.21. The van der Waals surface area contributed by atoms with Crippen LogP contribution in [0.1, 0.15) is 34.5 Å². The van der Waals surface area contributed by atoms with E-state index in [1.54, 1.807) is 34.3 Å². The number of carbonyl (C=O) groups excluding carboxylic acids is 1. The van der Waals surface area contributed by atoms with E-state index >= 15 is 0 Å². The SMILES string of the molecule is COc1cc(CN(C)C(C)c2c(F)c(Cl)nc(Cl)c2C=O)cc(OC)c1. The van der Waals surface area contributed by atoms with Gasteiger partial charge in [0, 0.05) is 24.2 Å². The van der Waals surface area contributed by atoms with Crippen molar-refractivity contribution in [3.63, 3.8) is 0 Å². The fourth-order valence-corrected chi connectivity index (χ4v) is 3.12. The number of halogens is 3. The molecular formula is C18H19Cl2FN2O3. The molecule has 0 amide bonds. The zero-order chi connectivity index (χ0) is 19.4. The molecule has 0 spiro atoms. The van der Waals surface area contributed by atoms with Crippen LogP contribution >= 0.6 is 23.2 Å². The van der Waals surface area contributed by atoms with Crippen molar-refractivity contribution in [3.8, 4) is 11.5 Å². The lowest BCUT2D eigenvalue weighted by Gasteiger charge is -2.27. The van der Waals surface area contributed by atoms with Gasteiger partial charge >= 0.3 is 0 Å². The van der Waals surface area contributed by atoms with E-state index in [1.807, 2.05) is 17.0 Å². The van der Waals surface area contributed by atoms with E-state index in [4.69, 9.17) is 32.7 Å². The predicted molar refractivity (Wildman–Crippen MR) is 99.0 cm³/mol. The lowest BCUT2D eigenvalue weighted by atomic mass is 10.0. The van der Waals surface area contributed by atoms with Crippen LogP contribution in [0.2, 0.25) is 10.3 Å². The number of rotatable bonds is 7. The molecule has 140 valence electrons. The molecular weight excluding hydrogens is 382 g/mol. The Balaban J connectivity index is 2.37. The van der Waals surface area contributed by atoms with Gasteiger partial charge in [0.1, 0.15) is 16.7 Å². The molecule has 1 aromatic carbocycles. The summed E-state index contributed by atoms with van der Waals surface area (Å²) in [5.74, 6) is 0.547. The number of carbonyl (C=O) groups is 1. The number of aldehydes is 1. The Labute approximate surface area is 161 Å². The fourth-order valence-electron chi connectivity index (χ4n) is 2.66. The van der Waals surface area contributed by atoms with Crippen molar-refractivity contribution in [1.82, 2.24) is 9.88 Å². The van der Waals surface area contributed by atoms with E-state index in [-0.39, 0.29) is 21.4 Å². The Hall–Kier alpha value is -1.89. The summed E-state index contributed by atoms with van der Waals surface area (Å²) in [7, 11) is 4.93. The molecule has 26 heavy (non-hydrogen) atoms. The number of ether oxygens (including phenoxy) is 2. The van der Waals surface area contributed by atoms with Crippen LogP contribution < -0.4 is 9.47 Å². The van der Waals surface area contributed by atoms with Gasteiger partial charge in [0.05, 0.1) is 19.8 Å². The number of benzene rings is 1. The van der Waals surface area contributed by atoms with Gasteiger partial charge in [-0.25, -0.2) is 9.37 Å². The van der Waals surface area contributed by atoms with Crippen LogP contribution in [-0.4, -0.2) is 37.4 Å². The Morgan fingerprint density at radius 1 is 1.19 bits per heavy atom. The maximum atomic E-state index is 14.5. The van der Waals surface area contributed by atoms with E-state index in [9.17, 15) is 9.18 Å². The average Bonchev–Trinajstić information content (AvgIpc) is 2.63. The lowest BCUT2D eigenvalue weighted by molar-refractivity contribution is 0.111. The molecule has 0 saturated heterocycles. The van der Waals surface area contributed by atoms with Gasteiger partial charge in [-0.05, 0) is 31.7 Å². The summed E-state index contributed by atoms with van der Waals surface area (Å²) in [5.41, 5.74) is 1.01. The second kappa shape index (κ2) is 8.66. The van der Waals surface area contributed by atoms with Gasteiger partial charge in [-0.1, -0.05) is 23.2 Å². The quantitative estimate of drug-likeness (QED) is 0.503. The Morgan fingerprint density at radius 2 is 1.77 bits per heavy atom. The molecule has 2 rings (SSSR count). The smallest absolute Gasteiger partial charge is 0.166 e. The molecule has 0 bridgehead atoms. The maximum Gasteiger partial charge on any atom is 0.166 e. The summed E-state index contributed by atoms with van der Waals surface area (Å²) in [5, 5.41) is -0.483. The Bertz CT molecular complexity index is 795. The minimum atomic E-state index is -0.749. The van der Waals surface area contributed by atoms with E-state index in [0.717, 1.165) is 5.56 Å². The zero-order valence-corrected chi connectivity index (χ0v) is 16.4. The summed E-state index contributed by atoms with van der Waals surface area (Å²) in [4.78, 5) is 16.9. The van der Waals surface area contributed by atoms with E-state index < -0.39 is 11.9 Å². The molecule has 1 unspecified atom stereocenters. The zero-order valence-electron chi connectivity index (χ0n) is 14.8. The van der Waals surface area contributed by atoms with Gasteiger partial charge in [0.15, 0.2) is 17.3 Å². The highest BCUT2D eigenvalue weighted by Gasteiger charge is 2.25. The largest absolute Gasteiger partial charge is 0.497 e. The van der Waals surface area contributed by atoms with E-state index in [0.29, 0.717) is 24.3 Å². The first-order valence-electron chi connectivity index (χ1n) is 7.74. The molecule has 0 aliphatic heterocycles. The minimum Gasteiger partial charge on any atom is -0.497 e. The number of aromatic nitrogens is 1. The number of hydrogen-bond acceptors (Lipinski definition) is 5. The van der Waals surface area contributed by atoms with Gasteiger partial charge in [0.25, 0.3) is 0 Å². The lowest BCUT2D eigenvalue weighted by Crippen LogP contribution is -2.24. The van der Waals surface area contributed by atoms with Crippen LogP contribution in [0.3, 0.4) is 0 Å². The normalized spacial score (nSPS) is 12.2. The number of pyridine rings is 1. The standard InChI is InChI=1S/C18H19Cl2FN2O3/c1-10(15-14(9-24)17(19)22-18(20)16(15)21)23(2)8-11-5-12(25-3)7-13(6-11)26-4/h5-7,9-10H,8H2,1-4H3. The Kier molecular flexibility index (Phi) is 6.81. The van der Waals surface area contributed by atoms with Crippen molar-refractivity contribution in [2.45, 2.75) is 19.5 Å². The van der Waals surface area contributed by atoms with E-state index in [2.05, 4.69) is 4.98 Å². The van der Waals surface area contributed by atoms with Crippen LogP contribution in [0, 0.1) is 5.82 Å². The van der Waals surface area contributed by atoms with Gasteiger partial charge in [-0.15, -0.1) is 0 Å². The fraction of sp³-hybridized carbons (Fsp3) is 0.333. The van der Waals surface area contributed by atoms with Crippen LogP contribution in [-0.2, 0) is 6.54 Å². The van der Waals surface area contributed by atoms with Crippen molar-refractivity contribution in [2.24, 2.45) is 0 Å². The molecule has 0 saturated carbocycles. The molecule has 5 nitrogen and oxygen atoms in total. The number of hydrogen-bond donors (Lipinski definition) is 0. The summed E-state index contributed by atoms with van der Waals surface area (Å²) in [6.07, 6.45) is 0.489. The highest BCUT2D eigenvalue weighted by Crippen LogP contribution is 2.33. The average molecular weight is 401 g/mol. The van der Waals surface area contributed by atoms with Crippen LogP contribution in [0.15, 0.2) is 18.2 Å². The highest BCUT2D eigenvalue weighted by atomic mass is 35.5. The first-order valence-corrected chi connectivity index (χ1v) is 8.49. The van der Waals surface area contributed by atoms with Crippen LogP contribution in [0.5, 0.6) is 11.5 Å². The van der Waals surface area contributed by atoms with Crippen LogP contribution in [0.25, 0.3) is 0 Å². The monoisotopic (exact) mass is 400 g/mol. The second-order valence-electron chi connectivity index (χ2n) is 5.76. The third kappa shape index (κ3) is 4.26. The molecule has 1 atom stereocenters. The third-order valence-corrected chi connectivity index (χ3v) is 4.70. The molecule has 2 aromatic rings. The highest BCUT2D eigenvalue weighted by molar-refractivity contribution is 6.34. The molecule has 0 aliphatic rings. The summed E-state index contributed by atoms with van der Waals surface area (Å²) >= 11 is 11.7. The van der Waals surface area contributed by atoms with Crippen molar-refractivity contribution >= 4 is 29.5 Å². The molecule has 8 heteroatoms. The van der Waals surface area contributed by atoms with Gasteiger partial charge in [-0.3, -0.25) is 9.69 Å². The van der Waals surface area contributed by atoms with Crippen molar-refractivity contribution < 1.29 is 18.7 Å². The molecule has 1 heterocycles. The molecule has 0 aliphatic carbocycles. The van der Waals surface area contributed by atoms with Crippen molar-refractivity contribution in [2.75, 3.05) is 21.3 Å². The van der Waals surface area contributed by atoms with Gasteiger partial charge in [-0.2, -0.15) is 0 Å². The first kappa shape index (κ1) is 20.4. The third-order valence-electron chi connectivity index (χ3n) is 4.17. The number of methoxy groups -OCH3 is 2. The van der Waals surface area contributed by atoms with Crippen molar-refractivity contribution in [1.29, 1.82) is 0 Å². The molecule has 0 N–H and O–H groups in total. The van der Waals surface area contributed by atoms with Gasteiger partial charge < -0.3 is 9.47 Å². The van der Waals surface area contributed by atoms with Crippen LogP contribution in [0.4, 0.5) is 4.39 Å². The van der Waals surface area contributed by atoms with E-state index in [1.165, 1.54) is 0 Å². The first-order chi connectivity index (χ1) is 12.3. The molecule has 1 aromatic heterocycles. The molecule has 0 radical (unpaired) electrons. The molecule has 0 fully saturated rings. The topological polar surface area (TPSA) is 51.7 Å². The minimum absolute atomic E-state index is 0.00357. The summed E-state index contributed by atoms with van der Waals surface area (Å²) < 4.78 is 25.1. The van der Waals surface area contributed by atoms with Gasteiger partial charge in [0.2, 0.25) is 0 Å². The number of nitrogens with zero attached hydrogens (tertiary/aromatic N) is 2. The predicted octanol–water partition coefficient (Wildman–Crippen LogP) is 4.55.